The minimum atomic E-state index is -0.0665. The number of hydrogen-bond donors (Lipinski definition) is 1. The van der Waals surface area contributed by atoms with Crippen LogP contribution in [-0.2, 0) is 5.54 Å². The molecular weight excluding hydrogens is 246 g/mol. The summed E-state index contributed by atoms with van der Waals surface area (Å²) in [4.78, 5) is 0. The van der Waals surface area contributed by atoms with Gasteiger partial charge in [0.1, 0.15) is 5.75 Å². The van der Waals surface area contributed by atoms with Crippen LogP contribution >= 0.6 is 0 Å². The van der Waals surface area contributed by atoms with E-state index >= 15 is 0 Å². The smallest absolute Gasteiger partial charge is 0.122 e. The maximum atomic E-state index is 6.50. The van der Waals surface area contributed by atoms with Crippen LogP contribution < -0.4 is 10.5 Å². The van der Waals surface area contributed by atoms with Gasteiger partial charge in [0.25, 0.3) is 0 Å². The van der Waals surface area contributed by atoms with Crippen molar-refractivity contribution >= 4 is 0 Å². The molecule has 0 saturated heterocycles. The van der Waals surface area contributed by atoms with Crippen LogP contribution in [0.1, 0.15) is 68.9 Å². The summed E-state index contributed by atoms with van der Waals surface area (Å²) < 4.78 is 5.60. The van der Waals surface area contributed by atoms with Crippen LogP contribution in [0.3, 0.4) is 0 Å². The molecule has 1 aromatic rings. The summed E-state index contributed by atoms with van der Waals surface area (Å²) in [6, 6.07) is 6.65. The molecule has 20 heavy (non-hydrogen) atoms. The molecule has 2 nitrogen and oxygen atoms in total. The Balaban J connectivity index is 1.89. The normalized spacial score (nSPS) is 28.8. The highest BCUT2D eigenvalue weighted by Crippen LogP contribution is 2.44. The second-order valence-corrected chi connectivity index (χ2v) is 6.92. The van der Waals surface area contributed by atoms with Gasteiger partial charge in [0.05, 0.1) is 7.11 Å². The molecule has 0 amide bonds. The average molecular weight is 273 g/mol. The number of methoxy groups -OCH3 is 1. The predicted molar refractivity (Wildman–Crippen MR) is 83.1 cm³/mol. The van der Waals surface area contributed by atoms with Gasteiger partial charge in [-0.1, -0.05) is 25.8 Å². The lowest BCUT2D eigenvalue weighted by atomic mass is 9.71. The van der Waals surface area contributed by atoms with E-state index in [1.807, 2.05) is 0 Å². The van der Waals surface area contributed by atoms with Gasteiger partial charge in [0.15, 0.2) is 0 Å². The molecule has 1 aromatic carbocycles. The molecule has 110 valence electrons. The van der Waals surface area contributed by atoms with Gasteiger partial charge in [-0.05, 0) is 67.2 Å². The fraction of sp³-hybridized carbons (Fsp3) is 0.667. The minimum absolute atomic E-state index is 0.0665. The third kappa shape index (κ3) is 2.46. The monoisotopic (exact) mass is 273 g/mol. The molecule has 0 radical (unpaired) electrons. The summed E-state index contributed by atoms with van der Waals surface area (Å²) >= 11 is 0. The van der Waals surface area contributed by atoms with Crippen molar-refractivity contribution in [3.63, 3.8) is 0 Å². The molecule has 2 N–H and O–H groups in total. The molecule has 0 aromatic heterocycles. The Morgan fingerprint density at radius 1 is 1.15 bits per heavy atom. The van der Waals surface area contributed by atoms with Gasteiger partial charge in [-0.15, -0.1) is 0 Å². The standard InChI is InChI=1S/C18H27NO/c1-13-4-6-14(7-5-13)16-12-15(8-9-17(16)20-2)18(19)10-3-11-18/h8-9,12-14H,3-7,10-11,19H2,1-2H3. The topological polar surface area (TPSA) is 35.2 Å². The van der Waals surface area contributed by atoms with Crippen molar-refractivity contribution in [2.45, 2.75) is 63.3 Å². The van der Waals surface area contributed by atoms with Crippen molar-refractivity contribution in [3.8, 4) is 5.75 Å². The third-order valence-corrected chi connectivity index (χ3v) is 5.51. The van der Waals surface area contributed by atoms with E-state index < -0.39 is 0 Å². The van der Waals surface area contributed by atoms with Crippen LogP contribution in [-0.4, -0.2) is 7.11 Å². The van der Waals surface area contributed by atoms with E-state index in [4.69, 9.17) is 10.5 Å². The number of rotatable bonds is 3. The van der Waals surface area contributed by atoms with Crippen LogP contribution in [0.25, 0.3) is 0 Å². The summed E-state index contributed by atoms with van der Waals surface area (Å²) in [5, 5.41) is 0. The van der Waals surface area contributed by atoms with Gasteiger partial charge in [-0.2, -0.15) is 0 Å². The highest BCUT2D eigenvalue weighted by atomic mass is 16.5. The lowest BCUT2D eigenvalue weighted by Crippen LogP contribution is -2.43. The fourth-order valence-electron chi connectivity index (χ4n) is 3.78. The van der Waals surface area contributed by atoms with Crippen LogP contribution in [0.15, 0.2) is 18.2 Å². The van der Waals surface area contributed by atoms with Gasteiger partial charge in [0.2, 0.25) is 0 Å². The summed E-state index contributed by atoms with van der Waals surface area (Å²) in [5.74, 6) is 2.59. The van der Waals surface area contributed by atoms with Crippen molar-refractivity contribution in [3.05, 3.63) is 29.3 Å². The maximum absolute atomic E-state index is 6.50. The molecule has 0 unspecified atom stereocenters. The first-order valence-electron chi connectivity index (χ1n) is 8.10. The van der Waals surface area contributed by atoms with Crippen LogP contribution in [0, 0.1) is 5.92 Å². The van der Waals surface area contributed by atoms with Crippen molar-refractivity contribution in [1.29, 1.82) is 0 Å². The number of nitrogens with two attached hydrogens (primary N) is 1. The van der Waals surface area contributed by atoms with Crippen LogP contribution in [0.2, 0.25) is 0 Å². The van der Waals surface area contributed by atoms with E-state index in [0.29, 0.717) is 5.92 Å². The molecule has 2 aliphatic carbocycles. The first kappa shape index (κ1) is 13.9. The van der Waals surface area contributed by atoms with Gasteiger partial charge in [-0.3, -0.25) is 0 Å². The largest absolute Gasteiger partial charge is 0.496 e. The molecule has 0 aliphatic heterocycles. The highest BCUT2D eigenvalue weighted by Gasteiger charge is 2.35. The maximum Gasteiger partial charge on any atom is 0.122 e. The molecule has 0 bridgehead atoms. The molecule has 2 saturated carbocycles. The van der Waals surface area contributed by atoms with Gasteiger partial charge in [0, 0.05) is 5.54 Å². The van der Waals surface area contributed by atoms with Crippen molar-refractivity contribution in [1.82, 2.24) is 0 Å². The molecule has 2 heteroatoms. The Hall–Kier alpha value is -1.02. The van der Waals surface area contributed by atoms with Crippen molar-refractivity contribution in [2.75, 3.05) is 7.11 Å². The first-order chi connectivity index (χ1) is 9.62. The molecule has 2 fully saturated rings. The first-order valence-corrected chi connectivity index (χ1v) is 8.10. The molecule has 0 atom stereocenters. The SMILES string of the molecule is COc1ccc(C2(N)CCC2)cc1C1CCC(C)CC1. The molecular formula is C18H27NO. The molecule has 0 spiro atoms. The van der Waals surface area contributed by atoms with E-state index in [2.05, 4.69) is 25.1 Å². The van der Waals surface area contributed by atoms with Crippen molar-refractivity contribution in [2.24, 2.45) is 11.7 Å². The molecule has 0 heterocycles. The van der Waals surface area contributed by atoms with Gasteiger partial charge in [-0.25, -0.2) is 0 Å². The van der Waals surface area contributed by atoms with Crippen LogP contribution in [0.5, 0.6) is 5.75 Å². The highest BCUT2D eigenvalue weighted by molar-refractivity contribution is 5.43. The van der Waals surface area contributed by atoms with Gasteiger partial charge >= 0.3 is 0 Å². The Morgan fingerprint density at radius 3 is 2.40 bits per heavy atom. The quantitative estimate of drug-likeness (QED) is 0.889. The Kier molecular flexibility index (Phi) is 3.76. The van der Waals surface area contributed by atoms with E-state index in [-0.39, 0.29) is 5.54 Å². The zero-order valence-corrected chi connectivity index (χ0v) is 12.8. The van der Waals surface area contributed by atoms with Crippen LogP contribution in [0.4, 0.5) is 0 Å². The second kappa shape index (κ2) is 5.40. The summed E-state index contributed by atoms with van der Waals surface area (Å²) in [6.07, 6.45) is 8.77. The average Bonchev–Trinajstić information content (AvgIpc) is 2.45. The summed E-state index contributed by atoms with van der Waals surface area (Å²) in [5.41, 5.74) is 9.14. The predicted octanol–water partition coefficient (Wildman–Crippen LogP) is 4.33. The Bertz CT molecular complexity index is 470. The lowest BCUT2D eigenvalue weighted by molar-refractivity contribution is 0.252. The molecule has 2 aliphatic rings. The Morgan fingerprint density at radius 2 is 1.85 bits per heavy atom. The van der Waals surface area contributed by atoms with E-state index in [0.717, 1.165) is 24.5 Å². The molecule has 3 rings (SSSR count). The number of ether oxygens (including phenoxy) is 1. The lowest BCUT2D eigenvalue weighted by Gasteiger charge is -2.39. The Labute approximate surface area is 122 Å². The number of hydrogen-bond acceptors (Lipinski definition) is 2. The third-order valence-electron chi connectivity index (χ3n) is 5.51. The fourth-order valence-corrected chi connectivity index (χ4v) is 3.78. The second-order valence-electron chi connectivity index (χ2n) is 6.92. The van der Waals surface area contributed by atoms with E-state index in [1.54, 1.807) is 7.11 Å². The van der Waals surface area contributed by atoms with Crippen molar-refractivity contribution < 1.29 is 4.74 Å². The summed E-state index contributed by atoms with van der Waals surface area (Å²) in [7, 11) is 1.78. The van der Waals surface area contributed by atoms with E-state index in [1.165, 1.54) is 43.2 Å². The zero-order chi connectivity index (χ0) is 14.2. The summed E-state index contributed by atoms with van der Waals surface area (Å²) in [6.45, 7) is 2.37. The van der Waals surface area contributed by atoms with E-state index in [9.17, 15) is 0 Å². The minimum Gasteiger partial charge on any atom is -0.496 e. The van der Waals surface area contributed by atoms with Gasteiger partial charge < -0.3 is 10.5 Å². The zero-order valence-electron chi connectivity index (χ0n) is 12.8. The number of benzene rings is 1.